The second-order valence-electron chi connectivity index (χ2n) is 6.74. The van der Waals surface area contributed by atoms with Crippen LogP contribution in [0.3, 0.4) is 0 Å². The van der Waals surface area contributed by atoms with Gasteiger partial charge in [-0.15, -0.1) is 0 Å². The van der Waals surface area contributed by atoms with Crippen molar-refractivity contribution in [2.75, 3.05) is 0 Å². The summed E-state index contributed by atoms with van der Waals surface area (Å²) in [5, 5.41) is 3.00. The highest BCUT2D eigenvalue weighted by Crippen LogP contribution is 2.22. The van der Waals surface area contributed by atoms with Crippen molar-refractivity contribution in [1.82, 2.24) is 5.32 Å². The highest BCUT2D eigenvalue weighted by molar-refractivity contribution is 5.75. The standard InChI is InChI=1S/C19H30NO/c1-5-6-7-8-9-10-18(21)20-15-16-11-13-17(14-12-16)19(2,3)4/h11-14H,1,5-10,15H2,2-4H3,(H,20,21). The van der Waals surface area contributed by atoms with Gasteiger partial charge in [-0.1, -0.05) is 77.6 Å². The van der Waals surface area contributed by atoms with E-state index >= 15 is 0 Å². The molecule has 1 amide bonds. The van der Waals surface area contributed by atoms with E-state index in [1.54, 1.807) is 0 Å². The quantitative estimate of drug-likeness (QED) is 0.686. The van der Waals surface area contributed by atoms with Crippen molar-refractivity contribution in [2.24, 2.45) is 0 Å². The van der Waals surface area contributed by atoms with Gasteiger partial charge in [-0.3, -0.25) is 4.79 Å². The Hall–Kier alpha value is -1.31. The molecule has 1 aromatic rings. The number of benzene rings is 1. The Labute approximate surface area is 130 Å². The summed E-state index contributed by atoms with van der Waals surface area (Å²) in [6.07, 6.45) is 6.10. The molecule has 0 heterocycles. The van der Waals surface area contributed by atoms with E-state index < -0.39 is 0 Å². The molecule has 0 aromatic heterocycles. The van der Waals surface area contributed by atoms with Crippen LogP contribution in [0.1, 0.15) is 70.4 Å². The topological polar surface area (TPSA) is 29.1 Å². The maximum atomic E-state index is 11.8. The molecule has 0 atom stereocenters. The fourth-order valence-corrected chi connectivity index (χ4v) is 2.23. The predicted molar refractivity (Wildman–Crippen MR) is 90.0 cm³/mol. The van der Waals surface area contributed by atoms with Crippen molar-refractivity contribution in [3.05, 3.63) is 42.3 Å². The van der Waals surface area contributed by atoms with Crippen LogP contribution in [-0.2, 0) is 16.8 Å². The van der Waals surface area contributed by atoms with E-state index in [0.717, 1.165) is 24.8 Å². The van der Waals surface area contributed by atoms with Crippen molar-refractivity contribution in [3.8, 4) is 0 Å². The lowest BCUT2D eigenvalue weighted by Gasteiger charge is -2.19. The molecular formula is C19H30NO. The molecule has 0 unspecified atom stereocenters. The summed E-state index contributed by atoms with van der Waals surface area (Å²) in [6.45, 7) is 11.1. The summed E-state index contributed by atoms with van der Waals surface area (Å²) >= 11 is 0. The van der Waals surface area contributed by atoms with Crippen molar-refractivity contribution in [3.63, 3.8) is 0 Å². The summed E-state index contributed by atoms with van der Waals surface area (Å²) in [7, 11) is 0. The molecule has 2 heteroatoms. The van der Waals surface area contributed by atoms with E-state index in [0.29, 0.717) is 13.0 Å². The number of carbonyl (C=O) groups is 1. The van der Waals surface area contributed by atoms with Crippen LogP contribution in [0.25, 0.3) is 0 Å². The second-order valence-corrected chi connectivity index (χ2v) is 6.74. The molecule has 1 aromatic carbocycles. The lowest BCUT2D eigenvalue weighted by Crippen LogP contribution is -2.22. The fourth-order valence-electron chi connectivity index (χ4n) is 2.23. The molecule has 0 spiro atoms. The molecule has 0 aliphatic carbocycles. The Kier molecular flexibility index (Phi) is 7.49. The number of hydrogen-bond donors (Lipinski definition) is 1. The summed E-state index contributed by atoms with van der Waals surface area (Å²) in [5.74, 6) is 0.157. The minimum absolute atomic E-state index is 0.157. The minimum Gasteiger partial charge on any atom is -0.352 e. The van der Waals surface area contributed by atoms with Crippen LogP contribution in [0.15, 0.2) is 24.3 Å². The molecular weight excluding hydrogens is 258 g/mol. The summed E-state index contributed by atoms with van der Waals surface area (Å²) in [4.78, 5) is 11.8. The van der Waals surface area contributed by atoms with Crippen molar-refractivity contribution in [2.45, 2.75) is 71.3 Å². The Balaban J connectivity index is 2.27. The second kappa shape index (κ2) is 8.86. The third-order valence-corrected chi connectivity index (χ3v) is 3.71. The van der Waals surface area contributed by atoms with Crippen LogP contribution < -0.4 is 5.32 Å². The van der Waals surface area contributed by atoms with Crippen molar-refractivity contribution < 1.29 is 4.79 Å². The average molecular weight is 288 g/mol. The number of carbonyl (C=O) groups excluding carboxylic acids is 1. The maximum absolute atomic E-state index is 11.8. The molecule has 0 aliphatic heterocycles. The van der Waals surface area contributed by atoms with Crippen LogP contribution in [0.4, 0.5) is 0 Å². The van der Waals surface area contributed by atoms with Gasteiger partial charge in [0.2, 0.25) is 5.91 Å². The third kappa shape index (κ3) is 7.31. The highest BCUT2D eigenvalue weighted by Gasteiger charge is 2.12. The van der Waals surface area contributed by atoms with Crippen LogP contribution in [-0.4, -0.2) is 5.91 Å². The first-order valence-electron chi connectivity index (χ1n) is 8.09. The summed E-state index contributed by atoms with van der Waals surface area (Å²) in [5.41, 5.74) is 2.66. The van der Waals surface area contributed by atoms with Crippen molar-refractivity contribution in [1.29, 1.82) is 0 Å². The zero-order valence-electron chi connectivity index (χ0n) is 13.9. The number of hydrogen-bond acceptors (Lipinski definition) is 1. The van der Waals surface area contributed by atoms with Gasteiger partial charge < -0.3 is 5.32 Å². The van der Waals surface area contributed by atoms with Gasteiger partial charge in [0.15, 0.2) is 0 Å². The number of nitrogens with one attached hydrogen (secondary N) is 1. The predicted octanol–water partition coefficient (Wildman–Crippen LogP) is 4.77. The van der Waals surface area contributed by atoms with Gasteiger partial charge in [0.05, 0.1) is 0 Å². The minimum atomic E-state index is 0.157. The van der Waals surface area contributed by atoms with E-state index in [1.165, 1.54) is 18.4 Å². The van der Waals surface area contributed by atoms with E-state index in [4.69, 9.17) is 0 Å². The molecule has 1 N–H and O–H groups in total. The van der Waals surface area contributed by atoms with Crippen LogP contribution in [0.5, 0.6) is 0 Å². The van der Waals surface area contributed by atoms with E-state index in [-0.39, 0.29) is 11.3 Å². The first-order chi connectivity index (χ1) is 9.93. The lowest BCUT2D eigenvalue weighted by atomic mass is 9.87. The fraction of sp³-hybridized carbons (Fsp3) is 0.579. The molecule has 0 saturated heterocycles. The van der Waals surface area contributed by atoms with E-state index in [1.807, 2.05) is 0 Å². The normalized spacial score (nSPS) is 11.4. The molecule has 21 heavy (non-hydrogen) atoms. The molecule has 1 rings (SSSR count). The van der Waals surface area contributed by atoms with Gasteiger partial charge in [-0.25, -0.2) is 0 Å². The highest BCUT2D eigenvalue weighted by atomic mass is 16.1. The monoisotopic (exact) mass is 288 g/mol. The van der Waals surface area contributed by atoms with Gasteiger partial charge >= 0.3 is 0 Å². The van der Waals surface area contributed by atoms with Gasteiger partial charge in [-0.2, -0.15) is 0 Å². The SMILES string of the molecule is [CH2]CCCCCCC(=O)NCc1ccc(C(C)(C)C)cc1. The Morgan fingerprint density at radius 1 is 1.05 bits per heavy atom. The van der Waals surface area contributed by atoms with Gasteiger partial charge in [-0.05, 0) is 23.0 Å². The molecule has 0 fully saturated rings. The Bertz CT molecular complexity index is 414. The lowest BCUT2D eigenvalue weighted by molar-refractivity contribution is -0.121. The molecule has 2 nitrogen and oxygen atoms in total. The van der Waals surface area contributed by atoms with E-state index in [9.17, 15) is 4.79 Å². The first-order valence-corrected chi connectivity index (χ1v) is 8.09. The van der Waals surface area contributed by atoms with Crippen LogP contribution >= 0.6 is 0 Å². The number of unbranched alkanes of at least 4 members (excludes halogenated alkanes) is 4. The largest absolute Gasteiger partial charge is 0.352 e. The number of rotatable bonds is 8. The summed E-state index contributed by atoms with van der Waals surface area (Å²) < 4.78 is 0. The van der Waals surface area contributed by atoms with Gasteiger partial charge in [0, 0.05) is 13.0 Å². The summed E-state index contributed by atoms with van der Waals surface area (Å²) in [6, 6.07) is 8.52. The Morgan fingerprint density at radius 2 is 1.67 bits per heavy atom. The van der Waals surface area contributed by atoms with E-state index in [2.05, 4.69) is 57.3 Å². The molecule has 117 valence electrons. The smallest absolute Gasteiger partial charge is 0.220 e. The van der Waals surface area contributed by atoms with Crippen molar-refractivity contribution >= 4 is 5.91 Å². The zero-order valence-corrected chi connectivity index (χ0v) is 13.9. The maximum Gasteiger partial charge on any atom is 0.220 e. The third-order valence-electron chi connectivity index (χ3n) is 3.71. The zero-order chi connectivity index (χ0) is 15.7. The number of amides is 1. The molecule has 1 radical (unpaired) electrons. The Morgan fingerprint density at radius 3 is 2.24 bits per heavy atom. The first kappa shape index (κ1) is 17.7. The molecule has 0 bridgehead atoms. The van der Waals surface area contributed by atoms with Crippen LogP contribution in [0.2, 0.25) is 0 Å². The average Bonchev–Trinajstić information content (AvgIpc) is 2.44. The molecule has 0 saturated carbocycles. The van der Waals surface area contributed by atoms with Gasteiger partial charge in [0.1, 0.15) is 0 Å². The van der Waals surface area contributed by atoms with Crippen LogP contribution in [0, 0.1) is 6.92 Å². The molecule has 0 aliphatic rings. The van der Waals surface area contributed by atoms with Gasteiger partial charge in [0.25, 0.3) is 0 Å².